The Morgan fingerprint density at radius 2 is 1.72 bits per heavy atom. The fraction of sp³-hybridized carbons (Fsp3) is 0.500. The smallest absolute Gasteiger partial charge is 0.251 e. The maximum Gasteiger partial charge on any atom is 0.251 e. The number of rotatable bonds is 8. The largest absolute Gasteiger partial charge is 0.355 e. The quantitative estimate of drug-likeness (QED) is 0.738. The fourth-order valence-electron chi connectivity index (χ4n) is 2.31. The Kier molecular flexibility index (Phi) is 8.41. The molecule has 6 nitrogen and oxygen atoms in total. The number of halogens is 1. The van der Waals surface area contributed by atoms with Crippen LogP contribution >= 0.6 is 11.6 Å². The van der Waals surface area contributed by atoms with Gasteiger partial charge < -0.3 is 15.5 Å². The van der Waals surface area contributed by atoms with Crippen LogP contribution in [-0.2, 0) is 9.59 Å². The van der Waals surface area contributed by atoms with E-state index in [-0.39, 0.29) is 30.2 Å². The van der Waals surface area contributed by atoms with E-state index in [0.29, 0.717) is 23.7 Å². The van der Waals surface area contributed by atoms with Gasteiger partial charge in [0.05, 0.1) is 6.54 Å². The van der Waals surface area contributed by atoms with Crippen LogP contribution in [-0.4, -0.2) is 48.3 Å². The summed E-state index contributed by atoms with van der Waals surface area (Å²) in [6.07, 6.45) is 0. The second-order valence-corrected chi connectivity index (χ2v) is 6.44. The van der Waals surface area contributed by atoms with Crippen LogP contribution in [0, 0.1) is 5.92 Å². The van der Waals surface area contributed by atoms with Gasteiger partial charge in [-0.25, -0.2) is 0 Å². The summed E-state index contributed by atoms with van der Waals surface area (Å²) < 4.78 is 0. The normalized spacial score (nSPS) is 11.8. The Morgan fingerprint density at radius 1 is 1.12 bits per heavy atom. The number of hydrogen-bond donors (Lipinski definition) is 2. The van der Waals surface area contributed by atoms with E-state index in [1.165, 1.54) is 4.90 Å². The van der Waals surface area contributed by atoms with Crippen LogP contribution in [0.3, 0.4) is 0 Å². The van der Waals surface area contributed by atoms with E-state index in [1.807, 2.05) is 20.8 Å². The number of nitrogens with zero attached hydrogens (tertiary/aromatic N) is 1. The van der Waals surface area contributed by atoms with Gasteiger partial charge in [-0.3, -0.25) is 14.4 Å². The van der Waals surface area contributed by atoms with Crippen molar-refractivity contribution in [2.45, 2.75) is 33.7 Å². The van der Waals surface area contributed by atoms with Gasteiger partial charge in [0.25, 0.3) is 5.91 Å². The summed E-state index contributed by atoms with van der Waals surface area (Å²) in [7, 11) is 0. The number of benzene rings is 1. The van der Waals surface area contributed by atoms with Gasteiger partial charge in [0, 0.05) is 23.7 Å². The molecule has 0 heterocycles. The highest BCUT2D eigenvalue weighted by Crippen LogP contribution is 2.12. The van der Waals surface area contributed by atoms with E-state index in [9.17, 15) is 14.4 Å². The average molecular weight is 368 g/mol. The molecule has 0 bridgehead atoms. The van der Waals surface area contributed by atoms with E-state index in [0.717, 1.165) is 0 Å². The van der Waals surface area contributed by atoms with Crippen molar-refractivity contribution in [2.24, 2.45) is 5.92 Å². The predicted molar refractivity (Wildman–Crippen MR) is 98.5 cm³/mol. The van der Waals surface area contributed by atoms with Crippen LogP contribution in [0.1, 0.15) is 38.1 Å². The molecule has 2 N–H and O–H groups in total. The van der Waals surface area contributed by atoms with Crippen molar-refractivity contribution in [1.29, 1.82) is 0 Å². The minimum Gasteiger partial charge on any atom is -0.355 e. The molecule has 25 heavy (non-hydrogen) atoms. The Hall–Kier alpha value is -2.08. The lowest BCUT2D eigenvalue weighted by Crippen LogP contribution is -2.53. The van der Waals surface area contributed by atoms with Gasteiger partial charge >= 0.3 is 0 Å². The molecule has 0 aliphatic heterocycles. The van der Waals surface area contributed by atoms with Crippen LogP contribution in [0.15, 0.2) is 24.3 Å². The zero-order chi connectivity index (χ0) is 19.0. The first-order chi connectivity index (χ1) is 11.8. The lowest BCUT2D eigenvalue weighted by molar-refractivity contribution is -0.138. The van der Waals surface area contributed by atoms with Crippen molar-refractivity contribution in [2.75, 3.05) is 19.6 Å². The molecule has 0 aromatic heterocycles. The number of nitrogens with one attached hydrogen (secondary N) is 2. The Balaban J connectivity index is 2.86. The highest BCUT2D eigenvalue weighted by atomic mass is 35.5. The maximum absolute atomic E-state index is 12.8. The van der Waals surface area contributed by atoms with E-state index < -0.39 is 6.04 Å². The van der Waals surface area contributed by atoms with Gasteiger partial charge in [-0.1, -0.05) is 25.4 Å². The lowest BCUT2D eigenvalue weighted by atomic mass is 10.0. The molecule has 0 aliphatic carbocycles. The molecule has 0 fully saturated rings. The number of likely N-dealkylation sites (N-methyl/N-ethyl adjacent to an activating group) is 2. The van der Waals surface area contributed by atoms with Gasteiger partial charge in [0.15, 0.2) is 0 Å². The SMILES string of the molecule is CCNC(=O)CN(CC)C(=O)C(NC(=O)c1ccc(Cl)cc1)C(C)C. The second-order valence-electron chi connectivity index (χ2n) is 6.01. The fourth-order valence-corrected chi connectivity index (χ4v) is 2.43. The number of hydrogen-bond acceptors (Lipinski definition) is 3. The van der Waals surface area contributed by atoms with Crippen molar-refractivity contribution in [3.8, 4) is 0 Å². The highest BCUT2D eigenvalue weighted by molar-refractivity contribution is 6.30. The van der Waals surface area contributed by atoms with Crippen LogP contribution < -0.4 is 10.6 Å². The van der Waals surface area contributed by atoms with Crippen LogP contribution in [0.25, 0.3) is 0 Å². The van der Waals surface area contributed by atoms with Gasteiger partial charge in [-0.2, -0.15) is 0 Å². The third kappa shape index (κ3) is 6.38. The standard InChI is InChI=1S/C18H26ClN3O3/c1-5-20-15(23)11-22(6-2)18(25)16(12(3)4)21-17(24)13-7-9-14(19)10-8-13/h7-10,12,16H,5-6,11H2,1-4H3,(H,20,23)(H,21,24). The van der Waals surface area contributed by atoms with E-state index in [1.54, 1.807) is 31.2 Å². The zero-order valence-electron chi connectivity index (χ0n) is 15.1. The molecule has 1 aromatic carbocycles. The molecule has 0 spiro atoms. The lowest BCUT2D eigenvalue weighted by Gasteiger charge is -2.28. The van der Waals surface area contributed by atoms with Gasteiger partial charge in [-0.05, 0) is 44.0 Å². The third-order valence-electron chi connectivity index (χ3n) is 3.73. The van der Waals surface area contributed by atoms with Crippen molar-refractivity contribution in [3.63, 3.8) is 0 Å². The summed E-state index contributed by atoms with van der Waals surface area (Å²) >= 11 is 5.83. The molecule has 1 unspecified atom stereocenters. The van der Waals surface area contributed by atoms with Crippen molar-refractivity contribution >= 4 is 29.3 Å². The van der Waals surface area contributed by atoms with Crippen molar-refractivity contribution < 1.29 is 14.4 Å². The molecule has 7 heteroatoms. The molecule has 0 radical (unpaired) electrons. The first-order valence-corrected chi connectivity index (χ1v) is 8.79. The van der Waals surface area contributed by atoms with E-state index in [4.69, 9.17) is 11.6 Å². The summed E-state index contributed by atoms with van der Waals surface area (Å²) in [5.41, 5.74) is 0.426. The predicted octanol–water partition coefficient (Wildman–Crippen LogP) is 2.08. The first-order valence-electron chi connectivity index (χ1n) is 8.42. The average Bonchev–Trinajstić information content (AvgIpc) is 2.57. The first kappa shape index (κ1) is 21.0. The molecule has 0 aliphatic rings. The number of carbonyl (C=O) groups is 3. The molecule has 1 atom stereocenters. The Morgan fingerprint density at radius 3 is 2.20 bits per heavy atom. The maximum atomic E-state index is 12.8. The number of carbonyl (C=O) groups excluding carboxylic acids is 3. The summed E-state index contributed by atoms with van der Waals surface area (Å²) in [5.74, 6) is -0.958. The third-order valence-corrected chi connectivity index (χ3v) is 3.98. The molecule has 1 rings (SSSR count). The number of amides is 3. The summed E-state index contributed by atoms with van der Waals surface area (Å²) in [5, 5.41) is 5.97. The monoisotopic (exact) mass is 367 g/mol. The molecular weight excluding hydrogens is 342 g/mol. The Bertz CT molecular complexity index is 602. The van der Waals surface area contributed by atoms with E-state index in [2.05, 4.69) is 10.6 Å². The Labute approximate surface area is 153 Å². The molecular formula is C18H26ClN3O3. The van der Waals surface area contributed by atoms with E-state index >= 15 is 0 Å². The van der Waals surface area contributed by atoms with Gasteiger partial charge in [0.1, 0.15) is 6.04 Å². The molecule has 138 valence electrons. The summed E-state index contributed by atoms with van der Waals surface area (Å²) in [6.45, 7) is 8.19. The van der Waals surface area contributed by atoms with Gasteiger partial charge in [0.2, 0.25) is 11.8 Å². The van der Waals surface area contributed by atoms with Crippen molar-refractivity contribution in [1.82, 2.24) is 15.5 Å². The molecule has 3 amide bonds. The summed E-state index contributed by atoms with van der Waals surface area (Å²) in [4.78, 5) is 38.4. The van der Waals surface area contributed by atoms with Crippen molar-refractivity contribution in [3.05, 3.63) is 34.9 Å². The summed E-state index contributed by atoms with van der Waals surface area (Å²) in [6, 6.07) is 5.74. The topological polar surface area (TPSA) is 78.5 Å². The minimum atomic E-state index is -0.711. The zero-order valence-corrected chi connectivity index (χ0v) is 15.9. The molecule has 0 saturated heterocycles. The molecule has 0 saturated carbocycles. The van der Waals surface area contributed by atoms with Crippen LogP contribution in [0.2, 0.25) is 5.02 Å². The van der Waals surface area contributed by atoms with Gasteiger partial charge in [-0.15, -0.1) is 0 Å². The highest BCUT2D eigenvalue weighted by Gasteiger charge is 2.29. The van der Waals surface area contributed by atoms with Crippen LogP contribution in [0.5, 0.6) is 0 Å². The second kappa shape index (κ2) is 10.0. The van der Waals surface area contributed by atoms with Crippen LogP contribution in [0.4, 0.5) is 0 Å². The molecule has 1 aromatic rings. The minimum absolute atomic E-state index is 0.0246.